The van der Waals surface area contributed by atoms with Gasteiger partial charge in [-0.05, 0) is 37.3 Å². The van der Waals surface area contributed by atoms with E-state index in [0.717, 1.165) is 12.8 Å². The molecule has 0 aliphatic carbocycles. The highest BCUT2D eigenvalue weighted by molar-refractivity contribution is 5.69. The zero-order chi connectivity index (χ0) is 13.2. The molecule has 1 rings (SSSR count). The lowest BCUT2D eigenvalue weighted by molar-refractivity contribution is -0.143. The summed E-state index contributed by atoms with van der Waals surface area (Å²) in [5, 5.41) is 0. The minimum absolute atomic E-state index is 0.107. The molecule has 18 heavy (non-hydrogen) atoms. The molecule has 100 valence electrons. The van der Waals surface area contributed by atoms with E-state index in [9.17, 15) is 4.79 Å². The van der Waals surface area contributed by atoms with Crippen molar-refractivity contribution in [2.45, 2.75) is 52.4 Å². The monoisotopic (exact) mass is 248 g/mol. The number of esters is 1. The smallest absolute Gasteiger partial charge is 0.306 e. The van der Waals surface area contributed by atoms with Gasteiger partial charge in [0.2, 0.25) is 0 Å². The average molecular weight is 248 g/mol. The van der Waals surface area contributed by atoms with Crippen molar-refractivity contribution in [2.75, 3.05) is 6.61 Å². The van der Waals surface area contributed by atoms with Crippen LogP contribution < -0.4 is 0 Å². The maximum atomic E-state index is 11.2. The van der Waals surface area contributed by atoms with Crippen LogP contribution in [0.3, 0.4) is 0 Å². The Labute approximate surface area is 110 Å². The Morgan fingerprint density at radius 2 is 1.61 bits per heavy atom. The van der Waals surface area contributed by atoms with Crippen LogP contribution in [0.1, 0.15) is 50.7 Å². The summed E-state index contributed by atoms with van der Waals surface area (Å²) < 4.78 is 4.91. The van der Waals surface area contributed by atoms with Gasteiger partial charge in [0.1, 0.15) is 0 Å². The minimum atomic E-state index is -0.107. The number of hydrogen-bond donors (Lipinski definition) is 0. The van der Waals surface area contributed by atoms with Gasteiger partial charge in [-0.15, -0.1) is 0 Å². The quantitative estimate of drug-likeness (QED) is 0.515. The van der Waals surface area contributed by atoms with Crippen molar-refractivity contribution in [3.05, 3.63) is 35.4 Å². The Hall–Kier alpha value is -1.31. The fourth-order valence-electron chi connectivity index (χ4n) is 1.93. The molecule has 0 radical (unpaired) electrons. The van der Waals surface area contributed by atoms with E-state index in [-0.39, 0.29) is 5.97 Å². The second-order valence-corrected chi connectivity index (χ2v) is 4.58. The van der Waals surface area contributed by atoms with Gasteiger partial charge in [0.05, 0.1) is 6.61 Å². The first kappa shape index (κ1) is 14.7. The van der Waals surface area contributed by atoms with Crippen LogP contribution in [-0.2, 0) is 22.4 Å². The van der Waals surface area contributed by atoms with Crippen molar-refractivity contribution >= 4 is 5.97 Å². The standard InChI is InChI=1S/C16H24O2/c1-3-5-6-7-14-8-10-15(11-9-14)12-13-16(17)18-4-2/h8-11H,3-7,12-13H2,1-2H3. The maximum absolute atomic E-state index is 11.2. The molecule has 0 saturated carbocycles. The molecular weight excluding hydrogens is 224 g/mol. The number of unbranched alkanes of at least 4 members (excludes halogenated alkanes) is 2. The highest BCUT2D eigenvalue weighted by atomic mass is 16.5. The Balaban J connectivity index is 2.33. The van der Waals surface area contributed by atoms with Crippen LogP contribution in [0, 0.1) is 0 Å². The Kier molecular flexibility index (Phi) is 7.16. The molecular formula is C16H24O2. The van der Waals surface area contributed by atoms with E-state index in [0.29, 0.717) is 13.0 Å². The largest absolute Gasteiger partial charge is 0.466 e. The van der Waals surface area contributed by atoms with E-state index < -0.39 is 0 Å². The number of carbonyl (C=O) groups is 1. The SMILES string of the molecule is CCCCCc1ccc(CCC(=O)OCC)cc1. The minimum Gasteiger partial charge on any atom is -0.466 e. The van der Waals surface area contributed by atoms with Gasteiger partial charge in [-0.25, -0.2) is 0 Å². The van der Waals surface area contributed by atoms with Gasteiger partial charge in [0, 0.05) is 6.42 Å². The Bertz CT molecular complexity index is 341. The highest BCUT2D eigenvalue weighted by Gasteiger charge is 2.02. The first-order valence-electron chi connectivity index (χ1n) is 6.99. The summed E-state index contributed by atoms with van der Waals surface area (Å²) in [6, 6.07) is 8.60. The van der Waals surface area contributed by atoms with E-state index in [1.54, 1.807) is 0 Å². The van der Waals surface area contributed by atoms with E-state index in [4.69, 9.17) is 4.74 Å². The number of benzene rings is 1. The first-order valence-corrected chi connectivity index (χ1v) is 6.99. The molecule has 0 aliphatic rings. The number of rotatable bonds is 8. The average Bonchev–Trinajstić information content (AvgIpc) is 2.38. The lowest BCUT2D eigenvalue weighted by Gasteiger charge is -2.04. The predicted molar refractivity (Wildman–Crippen MR) is 74.6 cm³/mol. The number of hydrogen-bond acceptors (Lipinski definition) is 2. The van der Waals surface area contributed by atoms with Crippen LogP contribution in [0.5, 0.6) is 0 Å². The molecule has 2 heteroatoms. The van der Waals surface area contributed by atoms with Crippen molar-refractivity contribution in [2.24, 2.45) is 0 Å². The second-order valence-electron chi connectivity index (χ2n) is 4.58. The highest BCUT2D eigenvalue weighted by Crippen LogP contribution is 2.10. The summed E-state index contributed by atoms with van der Waals surface area (Å²) in [4.78, 5) is 11.2. The summed E-state index contributed by atoms with van der Waals surface area (Å²) in [5.74, 6) is -0.107. The predicted octanol–water partition coefficient (Wildman–Crippen LogP) is 3.92. The van der Waals surface area contributed by atoms with E-state index in [2.05, 4.69) is 31.2 Å². The first-order chi connectivity index (χ1) is 8.76. The molecule has 2 nitrogen and oxygen atoms in total. The molecule has 0 aliphatic heterocycles. The topological polar surface area (TPSA) is 26.3 Å². The zero-order valence-corrected chi connectivity index (χ0v) is 11.6. The normalized spacial score (nSPS) is 10.3. The third kappa shape index (κ3) is 5.85. The molecule has 0 spiro atoms. The molecule has 0 heterocycles. The van der Waals surface area contributed by atoms with Crippen LogP contribution in [0.15, 0.2) is 24.3 Å². The van der Waals surface area contributed by atoms with Crippen LogP contribution in [0.2, 0.25) is 0 Å². The van der Waals surface area contributed by atoms with E-state index in [1.165, 1.54) is 30.4 Å². The van der Waals surface area contributed by atoms with Crippen molar-refractivity contribution in [3.8, 4) is 0 Å². The van der Waals surface area contributed by atoms with E-state index >= 15 is 0 Å². The molecule has 0 saturated heterocycles. The van der Waals surface area contributed by atoms with Crippen molar-refractivity contribution < 1.29 is 9.53 Å². The Morgan fingerprint density at radius 1 is 1.00 bits per heavy atom. The van der Waals surface area contributed by atoms with Crippen LogP contribution in [0.25, 0.3) is 0 Å². The van der Waals surface area contributed by atoms with Gasteiger partial charge < -0.3 is 4.74 Å². The van der Waals surface area contributed by atoms with Gasteiger partial charge in [-0.2, -0.15) is 0 Å². The molecule has 0 unspecified atom stereocenters. The lowest BCUT2D eigenvalue weighted by atomic mass is 10.0. The van der Waals surface area contributed by atoms with Crippen LogP contribution in [0.4, 0.5) is 0 Å². The zero-order valence-electron chi connectivity index (χ0n) is 11.6. The summed E-state index contributed by atoms with van der Waals surface area (Å²) in [5.41, 5.74) is 2.60. The van der Waals surface area contributed by atoms with Gasteiger partial charge >= 0.3 is 5.97 Å². The number of ether oxygens (including phenoxy) is 1. The molecule has 1 aromatic rings. The molecule has 0 atom stereocenters. The van der Waals surface area contributed by atoms with Crippen molar-refractivity contribution in [3.63, 3.8) is 0 Å². The van der Waals surface area contributed by atoms with Gasteiger partial charge in [0.25, 0.3) is 0 Å². The lowest BCUT2D eigenvalue weighted by Crippen LogP contribution is -2.05. The summed E-state index contributed by atoms with van der Waals surface area (Å²) in [7, 11) is 0. The third-order valence-electron chi connectivity index (χ3n) is 3.02. The molecule has 0 amide bonds. The number of carbonyl (C=O) groups excluding carboxylic acids is 1. The van der Waals surface area contributed by atoms with Gasteiger partial charge in [-0.1, -0.05) is 44.0 Å². The fourth-order valence-corrected chi connectivity index (χ4v) is 1.93. The molecule has 0 N–H and O–H groups in total. The van der Waals surface area contributed by atoms with Gasteiger partial charge in [-0.3, -0.25) is 4.79 Å². The molecule has 1 aromatic carbocycles. The third-order valence-corrected chi connectivity index (χ3v) is 3.02. The summed E-state index contributed by atoms with van der Waals surface area (Å²) >= 11 is 0. The molecule has 0 bridgehead atoms. The van der Waals surface area contributed by atoms with Crippen LogP contribution in [-0.4, -0.2) is 12.6 Å². The summed E-state index contributed by atoms with van der Waals surface area (Å²) in [6.07, 6.45) is 6.23. The second kappa shape index (κ2) is 8.73. The van der Waals surface area contributed by atoms with Crippen molar-refractivity contribution in [1.29, 1.82) is 0 Å². The Morgan fingerprint density at radius 3 is 2.17 bits per heavy atom. The van der Waals surface area contributed by atoms with E-state index in [1.807, 2.05) is 6.92 Å². The maximum Gasteiger partial charge on any atom is 0.306 e. The molecule has 0 aromatic heterocycles. The fraction of sp³-hybridized carbons (Fsp3) is 0.562. The van der Waals surface area contributed by atoms with Gasteiger partial charge in [0.15, 0.2) is 0 Å². The van der Waals surface area contributed by atoms with Crippen molar-refractivity contribution in [1.82, 2.24) is 0 Å². The molecule has 0 fully saturated rings. The van der Waals surface area contributed by atoms with Crippen LogP contribution >= 0.6 is 0 Å². The summed E-state index contributed by atoms with van der Waals surface area (Å²) in [6.45, 7) is 4.52. The number of aryl methyl sites for hydroxylation is 2.